The van der Waals surface area contributed by atoms with Crippen LogP contribution in [0.5, 0.6) is 0 Å². The van der Waals surface area contributed by atoms with Gasteiger partial charge in [0.05, 0.1) is 0 Å². The second kappa shape index (κ2) is 7.75. The van der Waals surface area contributed by atoms with Crippen LogP contribution >= 0.6 is 0 Å². The number of hydrogen-bond acceptors (Lipinski definition) is 3. The number of benzene rings is 3. The predicted molar refractivity (Wildman–Crippen MR) is 101 cm³/mol. The van der Waals surface area contributed by atoms with Crippen molar-refractivity contribution in [2.75, 3.05) is 7.05 Å². The van der Waals surface area contributed by atoms with Gasteiger partial charge in [-0.2, -0.15) is 0 Å². The summed E-state index contributed by atoms with van der Waals surface area (Å²) in [7, 11) is -2.91. The molecule has 0 fully saturated rings. The smallest absolute Gasteiger partial charge is 0.243 e. The molecule has 0 aliphatic heterocycles. The summed E-state index contributed by atoms with van der Waals surface area (Å²) in [5.74, 6) is -3.14. The van der Waals surface area contributed by atoms with Crippen LogP contribution in [-0.2, 0) is 16.6 Å². The Morgan fingerprint density at radius 2 is 1.54 bits per heavy atom. The molecule has 0 radical (unpaired) electrons. The Hall–Kier alpha value is -2.68. The van der Waals surface area contributed by atoms with Crippen LogP contribution in [-0.4, -0.2) is 15.5 Å². The van der Waals surface area contributed by atoms with Gasteiger partial charge in [-0.25, -0.2) is 26.7 Å². The summed E-state index contributed by atoms with van der Waals surface area (Å²) in [5, 5.41) is 7.93. The molecule has 3 aromatic rings. The minimum Gasteiger partial charge on any atom is -0.316 e. The Kier molecular flexibility index (Phi) is 5.55. The Bertz CT molecular complexity index is 1150. The van der Waals surface area contributed by atoms with E-state index in [1.807, 2.05) is 0 Å². The molecule has 0 saturated carbocycles. The highest BCUT2D eigenvalue weighted by Gasteiger charge is 2.25. The molecule has 0 heterocycles. The summed E-state index contributed by atoms with van der Waals surface area (Å²) in [6.45, 7) is 0.440. The Balaban J connectivity index is 2.35. The summed E-state index contributed by atoms with van der Waals surface area (Å²) in [6, 6.07) is 12.8. The quantitative estimate of drug-likeness (QED) is 0.677. The highest BCUT2D eigenvalue weighted by Crippen LogP contribution is 2.37. The van der Waals surface area contributed by atoms with Crippen molar-refractivity contribution in [1.82, 2.24) is 5.32 Å². The van der Waals surface area contributed by atoms with Gasteiger partial charge < -0.3 is 5.32 Å². The summed E-state index contributed by atoms with van der Waals surface area (Å²) in [4.78, 5) is -1.22. The highest BCUT2D eigenvalue weighted by molar-refractivity contribution is 7.89. The molecule has 0 saturated heterocycles. The number of primary sulfonamides is 1. The van der Waals surface area contributed by atoms with Gasteiger partial charge in [-0.05, 0) is 48.0 Å². The van der Waals surface area contributed by atoms with E-state index in [9.17, 15) is 17.2 Å². The molecule has 4 nitrogen and oxygen atoms in total. The fourth-order valence-electron chi connectivity index (χ4n) is 3.04. The van der Waals surface area contributed by atoms with E-state index in [0.29, 0.717) is 12.1 Å². The first-order valence-corrected chi connectivity index (χ1v) is 9.82. The number of sulfonamides is 1. The minimum absolute atomic E-state index is 0.193. The molecule has 0 aliphatic carbocycles. The van der Waals surface area contributed by atoms with Crippen LogP contribution in [0.25, 0.3) is 22.3 Å². The molecule has 0 spiro atoms. The molecule has 3 aromatic carbocycles. The van der Waals surface area contributed by atoms with Gasteiger partial charge in [-0.15, -0.1) is 0 Å². The Morgan fingerprint density at radius 3 is 2.18 bits per heavy atom. The topological polar surface area (TPSA) is 72.2 Å². The van der Waals surface area contributed by atoms with Crippen LogP contribution in [0, 0.1) is 17.5 Å². The minimum atomic E-state index is -4.64. The van der Waals surface area contributed by atoms with Crippen LogP contribution in [0.4, 0.5) is 13.2 Å². The van der Waals surface area contributed by atoms with E-state index in [1.165, 1.54) is 18.2 Å². The molecule has 3 N–H and O–H groups in total. The first-order valence-electron chi connectivity index (χ1n) is 8.27. The largest absolute Gasteiger partial charge is 0.316 e. The Labute approximate surface area is 160 Å². The normalized spacial score (nSPS) is 11.6. The van der Waals surface area contributed by atoms with E-state index >= 15 is 4.39 Å². The molecule has 0 bridgehead atoms. The van der Waals surface area contributed by atoms with Crippen molar-refractivity contribution >= 4 is 10.0 Å². The maximum atomic E-state index is 15.0. The lowest BCUT2D eigenvalue weighted by Gasteiger charge is -2.15. The zero-order valence-electron chi connectivity index (χ0n) is 14.8. The third kappa shape index (κ3) is 3.80. The van der Waals surface area contributed by atoms with Crippen molar-refractivity contribution in [3.8, 4) is 22.3 Å². The molecule has 3 rings (SSSR count). The van der Waals surface area contributed by atoms with Crippen LogP contribution in [0.15, 0.2) is 59.5 Å². The van der Waals surface area contributed by atoms with Crippen molar-refractivity contribution in [2.24, 2.45) is 5.14 Å². The summed E-state index contributed by atoms with van der Waals surface area (Å²) in [6.07, 6.45) is 0. The zero-order chi connectivity index (χ0) is 20.5. The molecule has 0 aromatic heterocycles. The fourth-order valence-corrected chi connectivity index (χ4v) is 3.74. The number of rotatable bonds is 5. The van der Waals surface area contributed by atoms with Gasteiger partial charge in [0.1, 0.15) is 11.6 Å². The standard InChI is InChI=1S/C20H17F3N2O2S/c1-25-11-12-6-7-13(14-4-2-3-5-17(14)21)16(10-12)15-8-9-18(22)20(19(15)23)28(24,26)27/h2-10,25H,11H2,1H3,(H2,24,26,27). The van der Waals surface area contributed by atoms with E-state index in [4.69, 9.17) is 5.14 Å². The van der Waals surface area contributed by atoms with Gasteiger partial charge in [-0.3, -0.25) is 0 Å². The average molecular weight is 406 g/mol. The molecular formula is C20H17F3N2O2S. The number of hydrogen-bond donors (Lipinski definition) is 2. The summed E-state index contributed by atoms with van der Waals surface area (Å²) >= 11 is 0. The number of nitrogens with one attached hydrogen (secondary N) is 1. The predicted octanol–water partition coefficient (Wildman–Crippen LogP) is 3.80. The van der Waals surface area contributed by atoms with Gasteiger partial charge in [0, 0.05) is 17.7 Å². The summed E-state index contributed by atoms with van der Waals surface area (Å²) in [5.41, 5.74) is 1.32. The monoisotopic (exact) mass is 406 g/mol. The average Bonchev–Trinajstić information content (AvgIpc) is 2.62. The molecule has 8 heteroatoms. The van der Waals surface area contributed by atoms with Crippen molar-refractivity contribution in [3.05, 3.63) is 77.6 Å². The molecule has 0 amide bonds. The second-order valence-corrected chi connectivity index (χ2v) is 7.67. The first-order chi connectivity index (χ1) is 13.2. The second-order valence-electron chi connectivity index (χ2n) is 6.17. The Morgan fingerprint density at radius 1 is 0.857 bits per heavy atom. The zero-order valence-corrected chi connectivity index (χ0v) is 15.7. The molecule has 0 atom stereocenters. The van der Waals surface area contributed by atoms with Gasteiger partial charge >= 0.3 is 0 Å². The lowest BCUT2D eigenvalue weighted by atomic mass is 9.92. The lowest BCUT2D eigenvalue weighted by Crippen LogP contribution is -2.16. The SMILES string of the molecule is CNCc1ccc(-c2ccccc2F)c(-c2ccc(F)c(S(N)(=O)=O)c2F)c1. The molecule has 0 aliphatic rings. The fraction of sp³-hybridized carbons (Fsp3) is 0.100. The van der Waals surface area contributed by atoms with E-state index in [2.05, 4.69) is 5.32 Å². The van der Waals surface area contributed by atoms with E-state index < -0.39 is 32.4 Å². The van der Waals surface area contributed by atoms with Crippen LogP contribution in [0.3, 0.4) is 0 Å². The van der Waals surface area contributed by atoms with Gasteiger partial charge in [0.2, 0.25) is 10.0 Å². The van der Waals surface area contributed by atoms with Crippen molar-refractivity contribution in [3.63, 3.8) is 0 Å². The van der Waals surface area contributed by atoms with Crippen LogP contribution in [0.2, 0.25) is 0 Å². The van der Waals surface area contributed by atoms with E-state index in [1.54, 1.807) is 31.3 Å². The van der Waals surface area contributed by atoms with Crippen molar-refractivity contribution in [2.45, 2.75) is 11.4 Å². The molecule has 146 valence electrons. The maximum absolute atomic E-state index is 15.0. The number of halogens is 3. The van der Waals surface area contributed by atoms with E-state index in [0.717, 1.165) is 17.7 Å². The van der Waals surface area contributed by atoms with Crippen molar-refractivity contribution in [1.29, 1.82) is 0 Å². The summed E-state index contributed by atoms with van der Waals surface area (Å²) < 4.78 is 66.7. The van der Waals surface area contributed by atoms with E-state index in [-0.39, 0.29) is 16.7 Å². The molecule has 28 heavy (non-hydrogen) atoms. The first kappa shape index (κ1) is 20.1. The third-order valence-electron chi connectivity index (χ3n) is 4.25. The van der Waals surface area contributed by atoms with Gasteiger partial charge in [0.15, 0.2) is 10.7 Å². The maximum Gasteiger partial charge on any atom is 0.243 e. The molecular weight excluding hydrogens is 389 g/mol. The van der Waals surface area contributed by atoms with Gasteiger partial charge in [0.25, 0.3) is 0 Å². The van der Waals surface area contributed by atoms with Crippen LogP contribution in [0.1, 0.15) is 5.56 Å². The van der Waals surface area contributed by atoms with Gasteiger partial charge in [-0.1, -0.05) is 30.3 Å². The van der Waals surface area contributed by atoms with Crippen molar-refractivity contribution < 1.29 is 21.6 Å². The highest BCUT2D eigenvalue weighted by atomic mass is 32.2. The molecule has 0 unspecified atom stereocenters. The lowest BCUT2D eigenvalue weighted by molar-refractivity contribution is 0.522. The van der Waals surface area contributed by atoms with Crippen LogP contribution < -0.4 is 10.5 Å². The number of nitrogens with two attached hydrogens (primary N) is 1. The third-order valence-corrected chi connectivity index (χ3v) is 5.20.